The fourth-order valence-corrected chi connectivity index (χ4v) is 2.72. The fraction of sp³-hybridized carbons (Fsp3) is 0. The van der Waals surface area contributed by atoms with E-state index in [4.69, 9.17) is 4.55 Å². The minimum Gasteiger partial charge on any atom is -0.322 e. The van der Waals surface area contributed by atoms with Gasteiger partial charge in [-0.2, -0.15) is 8.42 Å². The maximum Gasteiger partial charge on any atom is 0.294 e. The second-order valence-electron chi connectivity index (χ2n) is 5.02. The molecule has 0 saturated heterocycles. The lowest BCUT2D eigenvalue weighted by molar-refractivity contribution is 0.102. The van der Waals surface area contributed by atoms with Gasteiger partial charge in [0, 0.05) is 11.3 Å². The van der Waals surface area contributed by atoms with Crippen LogP contribution in [0.5, 0.6) is 0 Å². The first kappa shape index (κ1) is 15.2. The topological polar surface area (TPSA) is 83.5 Å². The molecular formula is C17H13NO4S. The SMILES string of the molecule is O=C(Nc1ccc(S(=O)(=O)O)cc1)c1ccc2ccccc2c1. The van der Waals surface area contributed by atoms with E-state index in [1.165, 1.54) is 24.3 Å². The second-order valence-corrected chi connectivity index (χ2v) is 6.44. The third-order valence-corrected chi connectivity index (χ3v) is 4.29. The summed E-state index contributed by atoms with van der Waals surface area (Å²) in [6.07, 6.45) is 0. The van der Waals surface area contributed by atoms with Crippen molar-refractivity contribution in [3.8, 4) is 0 Å². The van der Waals surface area contributed by atoms with Gasteiger partial charge in [-0.05, 0) is 47.2 Å². The van der Waals surface area contributed by atoms with Gasteiger partial charge in [0.05, 0.1) is 4.90 Å². The molecule has 0 saturated carbocycles. The number of amides is 1. The Morgan fingerprint density at radius 1 is 0.870 bits per heavy atom. The number of hydrogen-bond acceptors (Lipinski definition) is 3. The average Bonchev–Trinajstić information content (AvgIpc) is 2.54. The van der Waals surface area contributed by atoms with Gasteiger partial charge in [0.25, 0.3) is 16.0 Å². The third-order valence-electron chi connectivity index (χ3n) is 3.42. The summed E-state index contributed by atoms with van der Waals surface area (Å²) >= 11 is 0. The van der Waals surface area contributed by atoms with Gasteiger partial charge in [0.2, 0.25) is 0 Å². The van der Waals surface area contributed by atoms with E-state index >= 15 is 0 Å². The largest absolute Gasteiger partial charge is 0.322 e. The molecule has 0 spiro atoms. The summed E-state index contributed by atoms with van der Waals surface area (Å²) in [6.45, 7) is 0. The lowest BCUT2D eigenvalue weighted by Gasteiger charge is -2.07. The molecule has 6 heteroatoms. The summed E-state index contributed by atoms with van der Waals surface area (Å²) in [6, 6.07) is 18.4. The van der Waals surface area contributed by atoms with Gasteiger partial charge in [-0.15, -0.1) is 0 Å². The Bertz CT molecular complexity index is 979. The molecule has 0 atom stereocenters. The zero-order valence-electron chi connectivity index (χ0n) is 11.9. The van der Waals surface area contributed by atoms with Crippen molar-refractivity contribution in [3.63, 3.8) is 0 Å². The van der Waals surface area contributed by atoms with E-state index in [-0.39, 0.29) is 10.8 Å². The fourth-order valence-electron chi connectivity index (χ4n) is 2.24. The van der Waals surface area contributed by atoms with Crippen molar-refractivity contribution in [3.05, 3.63) is 72.3 Å². The monoisotopic (exact) mass is 327 g/mol. The molecule has 0 aromatic heterocycles. The highest BCUT2D eigenvalue weighted by molar-refractivity contribution is 7.85. The number of nitrogens with one attached hydrogen (secondary N) is 1. The van der Waals surface area contributed by atoms with Crippen LogP contribution in [0.2, 0.25) is 0 Å². The zero-order valence-corrected chi connectivity index (χ0v) is 12.7. The molecule has 3 rings (SSSR count). The van der Waals surface area contributed by atoms with Crippen LogP contribution in [-0.2, 0) is 10.1 Å². The maximum absolute atomic E-state index is 12.3. The standard InChI is InChI=1S/C17H13NO4S/c19-17(14-6-5-12-3-1-2-4-13(12)11-14)18-15-7-9-16(10-8-15)23(20,21)22/h1-11H,(H,18,19)(H,20,21,22). The van der Waals surface area contributed by atoms with Crippen molar-refractivity contribution in [2.75, 3.05) is 5.32 Å². The van der Waals surface area contributed by atoms with E-state index in [0.29, 0.717) is 11.3 Å². The van der Waals surface area contributed by atoms with Gasteiger partial charge < -0.3 is 5.32 Å². The van der Waals surface area contributed by atoms with Crippen LogP contribution < -0.4 is 5.32 Å². The van der Waals surface area contributed by atoms with E-state index in [1.54, 1.807) is 12.1 Å². The van der Waals surface area contributed by atoms with Gasteiger partial charge in [0.1, 0.15) is 0 Å². The van der Waals surface area contributed by atoms with Gasteiger partial charge in [-0.1, -0.05) is 30.3 Å². The van der Waals surface area contributed by atoms with Crippen LogP contribution in [0.4, 0.5) is 5.69 Å². The molecule has 3 aromatic rings. The molecule has 0 radical (unpaired) electrons. The van der Waals surface area contributed by atoms with Crippen molar-refractivity contribution < 1.29 is 17.8 Å². The minimum atomic E-state index is -4.24. The summed E-state index contributed by atoms with van der Waals surface area (Å²) in [5.74, 6) is -0.296. The van der Waals surface area contributed by atoms with Gasteiger partial charge in [0.15, 0.2) is 0 Å². The highest BCUT2D eigenvalue weighted by Crippen LogP contribution is 2.18. The third kappa shape index (κ3) is 3.39. The van der Waals surface area contributed by atoms with Crippen molar-refractivity contribution in [1.29, 1.82) is 0 Å². The molecule has 5 nitrogen and oxygen atoms in total. The molecule has 0 fully saturated rings. The van der Waals surface area contributed by atoms with Gasteiger partial charge in [-0.3, -0.25) is 9.35 Å². The first-order valence-electron chi connectivity index (χ1n) is 6.81. The van der Waals surface area contributed by atoms with Gasteiger partial charge in [-0.25, -0.2) is 0 Å². The summed E-state index contributed by atoms with van der Waals surface area (Å²) in [7, 11) is -4.24. The van der Waals surface area contributed by atoms with E-state index in [1.807, 2.05) is 30.3 Å². The maximum atomic E-state index is 12.3. The van der Waals surface area contributed by atoms with Crippen molar-refractivity contribution >= 4 is 32.5 Å². The van der Waals surface area contributed by atoms with Crippen LogP contribution in [0.25, 0.3) is 10.8 Å². The van der Waals surface area contributed by atoms with Crippen LogP contribution in [0.3, 0.4) is 0 Å². The molecule has 0 aliphatic rings. The highest BCUT2D eigenvalue weighted by atomic mass is 32.2. The Labute approximate surface area is 133 Å². The molecule has 0 bridgehead atoms. The first-order chi connectivity index (χ1) is 10.9. The quantitative estimate of drug-likeness (QED) is 0.723. The highest BCUT2D eigenvalue weighted by Gasteiger charge is 2.10. The summed E-state index contributed by atoms with van der Waals surface area (Å²) in [5.41, 5.74) is 0.943. The molecule has 116 valence electrons. The Balaban J connectivity index is 1.82. The average molecular weight is 327 g/mol. The molecule has 3 aromatic carbocycles. The van der Waals surface area contributed by atoms with E-state index in [0.717, 1.165) is 10.8 Å². The molecule has 2 N–H and O–H groups in total. The molecule has 0 unspecified atom stereocenters. The minimum absolute atomic E-state index is 0.221. The van der Waals surface area contributed by atoms with Crippen molar-refractivity contribution in [1.82, 2.24) is 0 Å². The Hall–Kier alpha value is -2.70. The number of fused-ring (bicyclic) bond motifs is 1. The van der Waals surface area contributed by atoms with E-state index in [9.17, 15) is 13.2 Å². The Morgan fingerprint density at radius 3 is 2.17 bits per heavy atom. The molecule has 0 heterocycles. The van der Waals surface area contributed by atoms with Crippen LogP contribution in [0.15, 0.2) is 71.6 Å². The van der Waals surface area contributed by atoms with Crippen LogP contribution in [0, 0.1) is 0 Å². The number of carbonyl (C=O) groups is 1. The van der Waals surface area contributed by atoms with Crippen molar-refractivity contribution in [2.24, 2.45) is 0 Å². The number of rotatable bonds is 3. The lowest BCUT2D eigenvalue weighted by atomic mass is 10.1. The summed E-state index contributed by atoms with van der Waals surface area (Å²) in [5, 5.41) is 4.69. The van der Waals surface area contributed by atoms with Crippen LogP contribution in [-0.4, -0.2) is 18.9 Å². The number of carbonyl (C=O) groups excluding carboxylic acids is 1. The van der Waals surface area contributed by atoms with Crippen LogP contribution >= 0.6 is 0 Å². The summed E-state index contributed by atoms with van der Waals surface area (Å²) < 4.78 is 30.9. The second kappa shape index (κ2) is 5.83. The predicted octanol–water partition coefficient (Wildman–Crippen LogP) is 3.34. The number of hydrogen-bond donors (Lipinski definition) is 2. The zero-order chi connectivity index (χ0) is 16.4. The normalized spacial score (nSPS) is 11.3. The van der Waals surface area contributed by atoms with Gasteiger partial charge >= 0.3 is 0 Å². The molecule has 1 amide bonds. The summed E-state index contributed by atoms with van der Waals surface area (Å²) in [4.78, 5) is 12.0. The smallest absolute Gasteiger partial charge is 0.294 e. The molecular weight excluding hydrogens is 314 g/mol. The first-order valence-corrected chi connectivity index (χ1v) is 8.25. The lowest BCUT2D eigenvalue weighted by Crippen LogP contribution is -2.11. The molecule has 23 heavy (non-hydrogen) atoms. The predicted molar refractivity (Wildman–Crippen MR) is 88.2 cm³/mol. The Kier molecular flexibility index (Phi) is 3.85. The number of benzene rings is 3. The van der Waals surface area contributed by atoms with Crippen molar-refractivity contribution in [2.45, 2.75) is 4.90 Å². The molecule has 0 aliphatic carbocycles. The number of anilines is 1. The van der Waals surface area contributed by atoms with Crippen LogP contribution in [0.1, 0.15) is 10.4 Å². The molecule has 0 aliphatic heterocycles. The Morgan fingerprint density at radius 2 is 1.52 bits per heavy atom. The van der Waals surface area contributed by atoms with E-state index < -0.39 is 10.1 Å². The van der Waals surface area contributed by atoms with E-state index in [2.05, 4.69) is 5.32 Å².